The Kier molecular flexibility index (Phi) is 3.72. The standard InChI is InChI=1S/C12H14N2O6S/c1-7-3-10(14(17)18)11(4-8(7)2)21(19,20)13-5-9(6-13)12(15)16/h3-4,9H,5-6H2,1-2H3,(H,15,16). The molecule has 2 rings (SSSR count). The smallest absolute Gasteiger partial charge is 0.309 e. The Labute approximate surface area is 121 Å². The number of nitrogens with zero attached hydrogens (tertiary/aromatic N) is 2. The summed E-state index contributed by atoms with van der Waals surface area (Å²) in [6.45, 7) is 2.99. The SMILES string of the molecule is Cc1cc([N+](=O)[O-])c(S(=O)(=O)N2CC(C(=O)O)C2)cc1C. The van der Waals surface area contributed by atoms with E-state index in [0.717, 1.165) is 4.31 Å². The van der Waals surface area contributed by atoms with E-state index >= 15 is 0 Å². The van der Waals surface area contributed by atoms with E-state index in [-0.39, 0.29) is 18.0 Å². The molecule has 114 valence electrons. The molecule has 1 N–H and O–H groups in total. The van der Waals surface area contributed by atoms with E-state index in [1.165, 1.54) is 12.1 Å². The first-order chi connectivity index (χ1) is 9.64. The number of aliphatic carboxylic acids is 1. The first-order valence-electron chi connectivity index (χ1n) is 6.13. The van der Waals surface area contributed by atoms with Gasteiger partial charge in [0.2, 0.25) is 10.0 Å². The van der Waals surface area contributed by atoms with Crippen molar-refractivity contribution in [1.82, 2.24) is 4.31 Å². The second-order valence-electron chi connectivity index (χ2n) is 5.02. The maximum absolute atomic E-state index is 12.4. The monoisotopic (exact) mass is 314 g/mol. The highest BCUT2D eigenvalue weighted by atomic mass is 32.2. The highest BCUT2D eigenvalue weighted by molar-refractivity contribution is 7.89. The average Bonchev–Trinajstić information content (AvgIpc) is 2.28. The number of carboxylic acids is 1. The van der Waals surface area contributed by atoms with Gasteiger partial charge in [-0.3, -0.25) is 14.9 Å². The van der Waals surface area contributed by atoms with Crippen LogP contribution in [0.25, 0.3) is 0 Å². The number of hydrogen-bond donors (Lipinski definition) is 1. The molecule has 0 atom stereocenters. The maximum Gasteiger partial charge on any atom is 0.309 e. The summed E-state index contributed by atoms with van der Waals surface area (Å²) in [6, 6.07) is 2.48. The molecule has 0 unspecified atom stereocenters. The normalized spacial score (nSPS) is 16.5. The zero-order chi connectivity index (χ0) is 15.9. The molecule has 0 saturated carbocycles. The van der Waals surface area contributed by atoms with E-state index in [1.807, 2.05) is 0 Å². The number of hydrogen-bond acceptors (Lipinski definition) is 5. The molecule has 0 amide bonds. The average molecular weight is 314 g/mol. The van der Waals surface area contributed by atoms with Crippen LogP contribution in [-0.2, 0) is 14.8 Å². The molecule has 1 aromatic rings. The minimum Gasteiger partial charge on any atom is -0.481 e. The van der Waals surface area contributed by atoms with Gasteiger partial charge in [-0.2, -0.15) is 4.31 Å². The van der Waals surface area contributed by atoms with Gasteiger partial charge >= 0.3 is 5.97 Å². The van der Waals surface area contributed by atoms with Crippen LogP contribution in [0.2, 0.25) is 0 Å². The number of carboxylic acid groups (broad SMARTS) is 1. The summed E-state index contributed by atoms with van der Waals surface area (Å²) in [6.07, 6.45) is 0. The van der Waals surface area contributed by atoms with Crippen LogP contribution >= 0.6 is 0 Å². The van der Waals surface area contributed by atoms with Gasteiger partial charge in [0.05, 0.1) is 10.8 Å². The quantitative estimate of drug-likeness (QED) is 0.652. The van der Waals surface area contributed by atoms with Crippen molar-refractivity contribution >= 4 is 21.7 Å². The van der Waals surface area contributed by atoms with Crippen molar-refractivity contribution < 1.29 is 23.2 Å². The Balaban J connectivity index is 2.44. The molecule has 0 bridgehead atoms. The summed E-state index contributed by atoms with van der Waals surface area (Å²) in [4.78, 5) is 20.7. The zero-order valence-electron chi connectivity index (χ0n) is 11.4. The van der Waals surface area contributed by atoms with Crippen molar-refractivity contribution in [3.8, 4) is 0 Å². The molecule has 21 heavy (non-hydrogen) atoms. The van der Waals surface area contributed by atoms with Gasteiger partial charge in [0.1, 0.15) is 0 Å². The van der Waals surface area contributed by atoms with Crippen LogP contribution in [0.5, 0.6) is 0 Å². The molecule has 8 nitrogen and oxygen atoms in total. The molecule has 1 aromatic carbocycles. The molecular formula is C12H14N2O6S. The first kappa shape index (κ1) is 15.4. The lowest BCUT2D eigenvalue weighted by atomic mass is 10.0. The number of rotatable bonds is 4. The van der Waals surface area contributed by atoms with Crippen LogP contribution in [0, 0.1) is 29.9 Å². The number of carbonyl (C=O) groups is 1. The fourth-order valence-corrected chi connectivity index (χ4v) is 3.81. The molecule has 0 spiro atoms. The summed E-state index contributed by atoms with van der Waals surface area (Å²) >= 11 is 0. The number of benzene rings is 1. The Morgan fingerprint density at radius 1 is 1.33 bits per heavy atom. The second-order valence-corrected chi connectivity index (χ2v) is 6.92. The van der Waals surface area contributed by atoms with E-state index in [1.54, 1.807) is 13.8 Å². The molecule has 1 heterocycles. The maximum atomic E-state index is 12.4. The van der Waals surface area contributed by atoms with E-state index in [0.29, 0.717) is 11.1 Å². The summed E-state index contributed by atoms with van der Waals surface area (Å²) in [5.41, 5.74) is 0.749. The second kappa shape index (κ2) is 5.08. The van der Waals surface area contributed by atoms with Gasteiger partial charge in [-0.05, 0) is 31.0 Å². The topological polar surface area (TPSA) is 118 Å². The van der Waals surface area contributed by atoms with Crippen molar-refractivity contribution in [2.45, 2.75) is 18.7 Å². The minimum atomic E-state index is -4.06. The molecule has 1 aliphatic heterocycles. The largest absolute Gasteiger partial charge is 0.481 e. The van der Waals surface area contributed by atoms with E-state index < -0.39 is 32.5 Å². The lowest BCUT2D eigenvalue weighted by Crippen LogP contribution is -2.52. The van der Waals surface area contributed by atoms with E-state index in [4.69, 9.17) is 5.11 Å². The number of aryl methyl sites for hydroxylation is 2. The fraction of sp³-hybridized carbons (Fsp3) is 0.417. The van der Waals surface area contributed by atoms with Crippen molar-refractivity contribution in [3.05, 3.63) is 33.4 Å². The fourth-order valence-electron chi connectivity index (χ4n) is 2.05. The lowest BCUT2D eigenvalue weighted by molar-refractivity contribution is -0.387. The Morgan fingerprint density at radius 2 is 1.86 bits per heavy atom. The van der Waals surface area contributed by atoms with E-state index in [2.05, 4.69) is 0 Å². The summed E-state index contributed by atoms with van der Waals surface area (Å²) in [5, 5.41) is 19.8. The number of sulfonamides is 1. The van der Waals surface area contributed by atoms with Gasteiger partial charge in [0.25, 0.3) is 5.69 Å². The summed E-state index contributed by atoms with van der Waals surface area (Å²) in [7, 11) is -4.06. The van der Waals surface area contributed by atoms with Gasteiger partial charge in [-0.25, -0.2) is 8.42 Å². The van der Waals surface area contributed by atoms with E-state index in [9.17, 15) is 23.3 Å². The van der Waals surface area contributed by atoms with Gasteiger partial charge in [-0.1, -0.05) is 0 Å². The first-order valence-corrected chi connectivity index (χ1v) is 7.57. The van der Waals surface area contributed by atoms with Crippen molar-refractivity contribution in [2.24, 2.45) is 5.92 Å². The third kappa shape index (κ3) is 2.61. The number of nitro groups is 1. The highest BCUT2D eigenvalue weighted by Gasteiger charge is 2.43. The van der Waals surface area contributed by atoms with Crippen LogP contribution in [0.3, 0.4) is 0 Å². The van der Waals surface area contributed by atoms with Gasteiger partial charge in [0, 0.05) is 19.2 Å². The molecule has 1 fully saturated rings. The Morgan fingerprint density at radius 3 is 2.33 bits per heavy atom. The predicted octanol–water partition coefficient (Wildman–Crippen LogP) is 0.917. The van der Waals surface area contributed by atoms with Gasteiger partial charge < -0.3 is 5.11 Å². The molecule has 9 heteroatoms. The van der Waals surface area contributed by atoms with Crippen LogP contribution in [0.4, 0.5) is 5.69 Å². The molecule has 1 aliphatic rings. The Bertz CT molecular complexity index is 722. The van der Waals surface area contributed by atoms with Crippen molar-refractivity contribution in [2.75, 3.05) is 13.1 Å². The Hall–Kier alpha value is -2.00. The molecular weight excluding hydrogens is 300 g/mol. The molecule has 0 radical (unpaired) electrons. The third-order valence-electron chi connectivity index (χ3n) is 3.59. The summed E-state index contributed by atoms with van der Waals surface area (Å²) < 4.78 is 25.7. The third-order valence-corrected chi connectivity index (χ3v) is 5.45. The predicted molar refractivity (Wildman–Crippen MR) is 72.5 cm³/mol. The van der Waals surface area contributed by atoms with Crippen LogP contribution < -0.4 is 0 Å². The van der Waals surface area contributed by atoms with Crippen LogP contribution in [-0.4, -0.2) is 41.8 Å². The molecule has 0 aromatic heterocycles. The van der Waals surface area contributed by atoms with Crippen LogP contribution in [0.15, 0.2) is 17.0 Å². The lowest BCUT2D eigenvalue weighted by Gasteiger charge is -2.35. The number of nitro benzene ring substituents is 1. The molecule has 0 aliphatic carbocycles. The summed E-state index contributed by atoms with van der Waals surface area (Å²) in [5.74, 6) is -1.83. The minimum absolute atomic E-state index is 0.165. The highest BCUT2D eigenvalue weighted by Crippen LogP contribution is 2.32. The van der Waals surface area contributed by atoms with Gasteiger partial charge in [-0.15, -0.1) is 0 Å². The van der Waals surface area contributed by atoms with Crippen molar-refractivity contribution in [1.29, 1.82) is 0 Å². The zero-order valence-corrected chi connectivity index (χ0v) is 12.3. The van der Waals surface area contributed by atoms with Crippen LogP contribution in [0.1, 0.15) is 11.1 Å². The molecule has 1 saturated heterocycles. The van der Waals surface area contributed by atoms with Crippen molar-refractivity contribution in [3.63, 3.8) is 0 Å². The van der Waals surface area contributed by atoms with Gasteiger partial charge in [0.15, 0.2) is 4.90 Å².